The predicted octanol–water partition coefficient (Wildman–Crippen LogP) is 1.90. The van der Waals surface area contributed by atoms with Gasteiger partial charge >= 0.3 is 0 Å². The van der Waals surface area contributed by atoms with E-state index in [1.165, 1.54) is 6.07 Å². The van der Waals surface area contributed by atoms with Crippen molar-refractivity contribution in [2.45, 2.75) is 11.8 Å². The molecule has 0 radical (unpaired) electrons. The van der Waals surface area contributed by atoms with Crippen LogP contribution in [0.4, 0.5) is 0 Å². The molecule has 1 rings (SSSR count). The third-order valence-electron chi connectivity index (χ3n) is 2.11. The summed E-state index contributed by atoms with van der Waals surface area (Å²) in [5.41, 5.74) is 1.05. The van der Waals surface area contributed by atoms with E-state index in [1.54, 1.807) is 19.1 Å². The van der Waals surface area contributed by atoms with Crippen molar-refractivity contribution >= 4 is 43.3 Å². The van der Waals surface area contributed by atoms with Crippen molar-refractivity contribution in [2.75, 3.05) is 11.9 Å². The minimum Gasteiger partial charge on any atom is -0.375 e. The maximum Gasteiger partial charge on any atom is 0.294 e. The molecular formula is C10H12BrNO3S2. The lowest BCUT2D eigenvalue weighted by Crippen LogP contribution is -2.24. The summed E-state index contributed by atoms with van der Waals surface area (Å²) in [5, 5.41) is 3.70. The number of rotatable bonds is 4. The van der Waals surface area contributed by atoms with Gasteiger partial charge in [0.25, 0.3) is 10.1 Å². The fraction of sp³-hybridized carbons (Fsp3) is 0.300. The Morgan fingerprint density at radius 2 is 2.18 bits per heavy atom. The molecule has 0 aliphatic carbocycles. The van der Waals surface area contributed by atoms with E-state index in [0.717, 1.165) is 5.33 Å². The zero-order valence-corrected chi connectivity index (χ0v) is 12.3. The van der Waals surface area contributed by atoms with Gasteiger partial charge in [-0.1, -0.05) is 40.3 Å². The molecule has 17 heavy (non-hydrogen) atoms. The Labute approximate surface area is 114 Å². The van der Waals surface area contributed by atoms with Crippen LogP contribution in [0.1, 0.15) is 11.1 Å². The van der Waals surface area contributed by atoms with Crippen molar-refractivity contribution in [1.29, 1.82) is 0 Å². The summed E-state index contributed by atoms with van der Waals surface area (Å²) in [6.45, 7) is 2.26. The maximum atomic E-state index is 11.1. The van der Waals surface area contributed by atoms with Gasteiger partial charge in [0.1, 0.15) is 4.99 Å². The molecule has 0 aliphatic heterocycles. The fourth-order valence-electron chi connectivity index (χ4n) is 1.28. The minimum atomic E-state index is -4.21. The standard InChI is InChI=1S/C10H12BrNO3S2/c1-7-2-3-8(10(16)12-5-4-11)6-9(7)17(13,14)15/h2-3,6H,4-5H2,1H3,(H,12,16)(H,13,14,15). The Morgan fingerprint density at radius 1 is 1.53 bits per heavy atom. The first-order chi connectivity index (χ1) is 7.86. The van der Waals surface area contributed by atoms with Gasteiger partial charge in [0.05, 0.1) is 4.90 Å². The molecular weight excluding hydrogens is 326 g/mol. The number of benzene rings is 1. The number of thiocarbonyl (C=S) groups is 1. The van der Waals surface area contributed by atoms with Crippen LogP contribution in [-0.2, 0) is 10.1 Å². The molecule has 94 valence electrons. The molecule has 1 aromatic carbocycles. The number of nitrogens with one attached hydrogen (secondary N) is 1. The monoisotopic (exact) mass is 337 g/mol. The molecule has 7 heteroatoms. The normalized spacial score (nSPS) is 11.2. The van der Waals surface area contributed by atoms with E-state index in [4.69, 9.17) is 16.8 Å². The molecule has 0 unspecified atom stereocenters. The molecule has 2 N–H and O–H groups in total. The highest BCUT2D eigenvalue weighted by Crippen LogP contribution is 2.17. The van der Waals surface area contributed by atoms with Crippen LogP contribution in [0.15, 0.2) is 23.1 Å². The van der Waals surface area contributed by atoms with Crippen LogP contribution in [0.3, 0.4) is 0 Å². The van der Waals surface area contributed by atoms with Gasteiger partial charge in [-0.2, -0.15) is 8.42 Å². The van der Waals surface area contributed by atoms with Gasteiger partial charge in [-0.15, -0.1) is 0 Å². The van der Waals surface area contributed by atoms with Crippen LogP contribution in [0.5, 0.6) is 0 Å². The average molecular weight is 338 g/mol. The summed E-state index contributed by atoms with van der Waals surface area (Å²) in [4.78, 5) is 0.340. The van der Waals surface area contributed by atoms with Gasteiger partial charge in [-0.05, 0) is 18.6 Å². The first kappa shape index (κ1) is 14.6. The first-order valence-corrected chi connectivity index (χ1v) is 7.75. The van der Waals surface area contributed by atoms with Gasteiger partial charge in [0.15, 0.2) is 0 Å². The molecule has 0 atom stereocenters. The Hall–Kier alpha value is -0.500. The molecule has 0 amide bonds. The third kappa shape index (κ3) is 4.02. The molecule has 0 fully saturated rings. The molecule has 0 spiro atoms. The topological polar surface area (TPSA) is 66.4 Å². The third-order valence-corrected chi connectivity index (χ3v) is 3.88. The van der Waals surface area contributed by atoms with E-state index in [-0.39, 0.29) is 4.90 Å². The van der Waals surface area contributed by atoms with Crippen molar-refractivity contribution < 1.29 is 13.0 Å². The molecule has 4 nitrogen and oxygen atoms in total. The summed E-state index contributed by atoms with van der Waals surface area (Å²) < 4.78 is 31.3. The van der Waals surface area contributed by atoms with Crippen LogP contribution in [-0.4, -0.2) is 29.8 Å². The van der Waals surface area contributed by atoms with E-state index in [2.05, 4.69) is 21.2 Å². The summed E-state index contributed by atoms with van der Waals surface area (Å²) in [6, 6.07) is 4.70. The van der Waals surface area contributed by atoms with Gasteiger partial charge in [-0.3, -0.25) is 4.55 Å². The SMILES string of the molecule is Cc1ccc(C(=S)NCCBr)cc1S(=O)(=O)O. The maximum absolute atomic E-state index is 11.1. The van der Waals surface area contributed by atoms with E-state index in [1.807, 2.05) is 0 Å². The Bertz CT molecular complexity index is 528. The smallest absolute Gasteiger partial charge is 0.294 e. The summed E-state index contributed by atoms with van der Waals surface area (Å²) in [5.74, 6) is 0. The van der Waals surface area contributed by atoms with Crippen molar-refractivity contribution in [3.8, 4) is 0 Å². The zero-order chi connectivity index (χ0) is 13.1. The van der Waals surface area contributed by atoms with Crippen LogP contribution in [0.2, 0.25) is 0 Å². The second-order valence-corrected chi connectivity index (χ2v) is 5.99. The van der Waals surface area contributed by atoms with E-state index < -0.39 is 10.1 Å². The van der Waals surface area contributed by atoms with Gasteiger partial charge in [-0.25, -0.2) is 0 Å². The van der Waals surface area contributed by atoms with Crippen LogP contribution in [0.25, 0.3) is 0 Å². The Morgan fingerprint density at radius 3 is 2.71 bits per heavy atom. The lowest BCUT2D eigenvalue weighted by Gasteiger charge is -2.09. The first-order valence-electron chi connectivity index (χ1n) is 4.78. The number of hydrogen-bond acceptors (Lipinski definition) is 3. The molecule has 0 heterocycles. The molecule has 1 aromatic rings. The molecule has 0 saturated carbocycles. The highest BCUT2D eigenvalue weighted by Gasteiger charge is 2.14. The van der Waals surface area contributed by atoms with E-state index in [9.17, 15) is 8.42 Å². The van der Waals surface area contributed by atoms with Crippen molar-refractivity contribution in [3.05, 3.63) is 29.3 Å². The van der Waals surface area contributed by atoms with Crippen molar-refractivity contribution in [3.63, 3.8) is 0 Å². The lowest BCUT2D eigenvalue weighted by molar-refractivity contribution is 0.482. The van der Waals surface area contributed by atoms with Gasteiger partial charge in [0.2, 0.25) is 0 Å². The highest BCUT2D eigenvalue weighted by molar-refractivity contribution is 9.09. The van der Waals surface area contributed by atoms with Crippen molar-refractivity contribution in [1.82, 2.24) is 5.32 Å². The Kier molecular flexibility index (Phi) is 5.05. The fourth-order valence-corrected chi connectivity index (χ4v) is 2.46. The zero-order valence-electron chi connectivity index (χ0n) is 9.10. The van der Waals surface area contributed by atoms with Crippen LogP contribution < -0.4 is 5.32 Å². The minimum absolute atomic E-state index is 0.113. The van der Waals surface area contributed by atoms with Crippen LogP contribution >= 0.6 is 28.1 Å². The highest BCUT2D eigenvalue weighted by atomic mass is 79.9. The van der Waals surface area contributed by atoms with Gasteiger partial charge < -0.3 is 5.32 Å². The second-order valence-electron chi connectivity index (χ2n) is 3.40. The van der Waals surface area contributed by atoms with Crippen LogP contribution in [0, 0.1) is 6.92 Å². The summed E-state index contributed by atoms with van der Waals surface area (Å²) >= 11 is 8.35. The molecule has 0 aliphatic rings. The number of hydrogen-bond donors (Lipinski definition) is 2. The number of alkyl halides is 1. The number of halogens is 1. The average Bonchev–Trinajstić information content (AvgIpc) is 2.25. The number of aryl methyl sites for hydroxylation is 1. The lowest BCUT2D eigenvalue weighted by atomic mass is 10.1. The Balaban J connectivity index is 3.09. The molecule has 0 saturated heterocycles. The molecule has 0 aromatic heterocycles. The van der Waals surface area contributed by atoms with Crippen molar-refractivity contribution in [2.24, 2.45) is 0 Å². The summed E-state index contributed by atoms with van der Waals surface area (Å²) in [6.07, 6.45) is 0. The van der Waals surface area contributed by atoms with E-state index >= 15 is 0 Å². The van der Waals surface area contributed by atoms with E-state index in [0.29, 0.717) is 22.7 Å². The summed E-state index contributed by atoms with van der Waals surface area (Å²) in [7, 11) is -4.21. The largest absolute Gasteiger partial charge is 0.375 e. The second kappa shape index (κ2) is 5.90. The predicted molar refractivity (Wildman–Crippen MR) is 74.5 cm³/mol. The van der Waals surface area contributed by atoms with Gasteiger partial charge in [0, 0.05) is 17.4 Å². The quantitative estimate of drug-likeness (QED) is 0.499. The molecule has 0 bridgehead atoms.